The van der Waals surface area contributed by atoms with Crippen molar-refractivity contribution in [3.8, 4) is 5.75 Å². The van der Waals surface area contributed by atoms with E-state index in [0.717, 1.165) is 37.6 Å². The molecule has 0 aliphatic carbocycles. The Morgan fingerprint density at radius 1 is 1.14 bits per heavy atom. The fourth-order valence-electron chi connectivity index (χ4n) is 3.33. The fraction of sp³-hybridized carbons (Fsp3) is 0.429. The van der Waals surface area contributed by atoms with Gasteiger partial charge in [0, 0.05) is 18.3 Å². The van der Waals surface area contributed by atoms with Crippen LogP contribution < -0.4 is 19.9 Å². The van der Waals surface area contributed by atoms with Crippen LogP contribution >= 0.6 is 0 Å². The molecule has 3 rings (SSSR count). The first-order chi connectivity index (χ1) is 13.4. The molecule has 1 aliphatic rings. The van der Waals surface area contributed by atoms with E-state index >= 15 is 0 Å². The summed E-state index contributed by atoms with van der Waals surface area (Å²) in [7, 11) is 2.19. The van der Waals surface area contributed by atoms with E-state index in [0.29, 0.717) is 18.8 Å². The second-order valence-corrected chi connectivity index (χ2v) is 7.42. The predicted molar refractivity (Wildman–Crippen MR) is 112 cm³/mol. The highest BCUT2D eigenvalue weighted by atomic mass is 16.6. The molecule has 7 nitrogen and oxygen atoms in total. The first kappa shape index (κ1) is 19.9. The molecule has 1 saturated heterocycles. The Morgan fingerprint density at radius 2 is 1.89 bits per heavy atom. The highest BCUT2D eigenvalue weighted by molar-refractivity contribution is 5.69. The van der Waals surface area contributed by atoms with E-state index in [1.807, 2.05) is 30.3 Å². The van der Waals surface area contributed by atoms with Gasteiger partial charge in [0.15, 0.2) is 0 Å². The van der Waals surface area contributed by atoms with Crippen molar-refractivity contribution < 1.29 is 14.6 Å². The topological polar surface area (TPSA) is 72.1 Å². The zero-order valence-corrected chi connectivity index (χ0v) is 16.8. The number of benzene rings is 2. The molecule has 0 saturated carbocycles. The van der Waals surface area contributed by atoms with Crippen molar-refractivity contribution in [3.63, 3.8) is 0 Å². The highest BCUT2D eigenvalue weighted by Gasteiger charge is 2.20. The molecule has 0 amide bonds. The third kappa shape index (κ3) is 4.92. The number of hydrogen-bond donors (Lipinski definition) is 2. The molecule has 0 atom stereocenters. The summed E-state index contributed by atoms with van der Waals surface area (Å²) in [5.74, 6) is 0.813. The fourth-order valence-corrected chi connectivity index (χ4v) is 3.33. The number of piperazine rings is 1. The molecule has 0 spiro atoms. The van der Waals surface area contributed by atoms with Crippen LogP contribution in [0.5, 0.6) is 5.75 Å². The summed E-state index contributed by atoms with van der Waals surface area (Å²) in [4.78, 5) is 14.8. The van der Waals surface area contributed by atoms with E-state index < -0.39 is 0 Å². The Morgan fingerprint density at radius 3 is 2.57 bits per heavy atom. The van der Waals surface area contributed by atoms with Gasteiger partial charge in [0.05, 0.1) is 38.2 Å². The number of nitrogens with one attached hydrogen (secondary N) is 2. The van der Waals surface area contributed by atoms with Gasteiger partial charge >= 0.3 is 0 Å². The molecular formula is C21H29N4O3+. The molecule has 0 radical (unpaired) electrons. The van der Waals surface area contributed by atoms with Crippen molar-refractivity contribution in [1.29, 1.82) is 0 Å². The van der Waals surface area contributed by atoms with E-state index in [2.05, 4.69) is 31.1 Å². The average molecular weight is 385 g/mol. The van der Waals surface area contributed by atoms with E-state index in [4.69, 9.17) is 4.74 Å². The lowest BCUT2D eigenvalue weighted by Crippen LogP contribution is -3.12. The van der Waals surface area contributed by atoms with E-state index in [1.165, 1.54) is 16.0 Å². The smallest absolute Gasteiger partial charge is 0.292 e. The van der Waals surface area contributed by atoms with Crippen LogP contribution in [-0.4, -0.2) is 51.3 Å². The zero-order chi connectivity index (χ0) is 20.1. The molecule has 28 heavy (non-hydrogen) atoms. The Bertz CT molecular complexity index is 832. The van der Waals surface area contributed by atoms with Crippen LogP contribution in [0.25, 0.3) is 0 Å². The van der Waals surface area contributed by atoms with Crippen LogP contribution in [0.15, 0.2) is 36.4 Å². The Labute approximate surface area is 166 Å². The van der Waals surface area contributed by atoms with Gasteiger partial charge in [0.2, 0.25) is 0 Å². The maximum Gasteiger partial charge on any atom is 0.292 e. The monoisotopic (exact) mass is 385 g/mol. The van der Waals surface area contributed by atoms with E-state index in [9.17, 15) is 10.1 Å². The van der Waals surface area contributed by atoms with Crippen molar-refractivity contribution in [2.24, 2.45) is 0 Å². The third-order valence-corrected chi connectivity index (χ3v) is 5.32. The number of likely N-dealkylation sites (N-methyl/N-ethyl adjacent to an activating group) is 1. The van der Waals surface area contributed by atoms with Crippen LogP contribution in [0.1, 0.15) is 11.1 Å². The average Bonchev–Trinajstić information content (AvgIpc) is 2.68. The summed E-state index contributed by atoms with van der Waals surface area (Å²) >= 11 is 0. The second kappa shape index (κ2) is 8.93. The zero-order valence-electron chi connectivity index (χ0n) is 16.8. The molecule has 7 heteroatoms. The van der Waals surface area contributed by atoms with E-state index in [-0.39, 0.29) is 10.6 Å². The van der Waals surface area contributed by atoms with Gasteiger partial charge in [0.1, 0.15) is 18.0 Å². The third-order valence-electron chi connectivity index (χ3n) is 5.32. The van der Waals surface area contributed by atoms with Crippen molar-refractivity contribution in [1.82, 2.24) is 0 Å². The first-order valence-corrected chi connectivity index (χ1v) is 9.72. The van der Waals surface area contributed by atoms with Gasteiger partial charge in [-0.15, -0.1) is 0 Å². The number of nitrogens with zero attached hydrogens (tertiary/aromatic N) is 2. The number of quaternary nitrogens is 1. The minimum absolute atomic E-state index is 0.0923. The predicted octanol–water partition coefficient (Wildman–Crippen LogP) is 2.04. The maximum absolute atomic E-state index is 11.4. The van der Waals surface area contributed by atoms with Gasteiger partial charge in [-0.1, -0.05) is 6.07 Å². The number of rotatable bonds is 7. The molecule has 0 aromatic heterocycles. The number of ether oxygens (including phenoxy) is 1. The van der Waals surface area contributed by atoms with Crippen LogP contribution in [0.3, 0.4) is 0 Å². The SMILES string of the molecule is Cc1ccc(OCCNc2cc(N3CC[NH+](C)CC3)ccc2[N+](=O)[O-])cc1C. The molecule has 0 unspecified atom stereocenters. The Hall–Kier alpha value is -2.80. The van der Waals surface area contributed by atoms with Gasteiger partial charge in [-0.05, 0) is 49.2 Å². The van der Waals surface area contributed by atoms with Crippen molar-refractivity contribution in [3.05, 3.63) is 57.6 Å². The summed E-state index contributed by atoms with van der Waals surface area (Å²) in [6.45, 7) is 9.10. The highest BCUT2D eigenvalue weighted by Crippen LogP contribution is 2.29. The number of hydrogen-bond acceptors (Lipinski definition) is 5. The largest absolute Gasteiger partial charge is 0.492 e. The summed E-state index contributed by atoms with van der Waals surface area (Å²) in [6, 6.07) is 11.3. The molecule has 2 aromatic rings. The van der Waals surface area contributed by atoms with Crippen LogP contribution in [0.2, 0.25) is 0 Å². The van der Waals surface area contributed by atoms with Gasteiger partial charge in [-0.2, -0.15) is 0 Å². The lowest BCUT2D eigenvalue weighted by Gasteiger charge is -2.32. The molecule has 0 bridgehead atoms. The summed E-state index contributed by atoms with van der Waals surface area (Å²) < 4.78 is 5.78. The van der Waals surface area contributed by atoms with Crippen LogP contribution in [-0.2, 0) is 0 Å². The molecule has 150 valence electrons. The Balaban J connectivity index is 1.63. The first-order valence-electron chi connectivity index (χ1n) is 9.72. The number of anilines is 2. The number of nitro groups is 1. The summed E-state index contributed by atoms with van der Waals surface area (Å²) in [5.41, 5.74) is 4.06. The Kier molecular flexibility index (Phi) is 6.36. The van der Waals surface area contributed by atoms with Gasteiger partial charge < -0.3 is 19.9 Å². The lowest BCUT2D eigenvalue weighted by molar-refractivity contribution is -0.880. The summed E-state index contributed by atoms with van der Waals surface area (Å²) in [5, 5.41) is 14.6. The minimum Gasteiger partial charge on any atom is -0.492 e. The minimum atomic E-state index is -0.343. The molecular weight excluding hydrogens is 356 g/mol. The molecule has 1 aliphatic heterocycles. The molecule has 1 heterocycles. The van der Waals surface area contributed by atoms with Crippen molar-refractivity contribution in [2.75, 3.05) is 56.6 Å². The number of nitro benzene ring substituents is 1. The standard InChI is InChI=1S/C21H28N4O3/c1-16-4-6-19(14-17(16)2)28-13-8-22-20-15-18(5-7-21(20)25(26)27)24-11-9-23(3)10-12-24/h4-7,14-15,22H,8-13H2,1-3H3/p+1. The quantitative estimate of drug-likeness (QED) is 0.434. The van der Waals surface area contributed by atoms with Crippen LogP contribution in [0, 0.1) is 24.0 Å². The van der Waals surface area contributed by atoms with Gasteiger partial charge in [-0.25, -0.2) is 0 Å². The van der Waals surface area contributed by atoms with Crippen molar-refractivity contribution >= 4 is 17.1 Å². The lowest BCUT2D eigenvalue weighted by atomic mass is 10.1. The molecule has 2 N–H and O–H groups in total. The van der Waals surface area contributed by atoms with Gasteiger partial charge in [-0.3, -0.25) is 10.1 Å². The molecule has 1 fully saturated rings. The number of aryl methyl sites for hydroxylation is 2. The second-order valence-electron chi connectivity index (χ2n) is 7.42. The van der Waals surface area contributed by atoms with Crippen molar-refractivity contribution in [2.45, 2.75) is 13.8 Å². The molecule has 2 aromatic carbocycles. The van der Waals surface area contributed by atoms with E-state index in [1.54, 1.807) is 6.07 Å². The normalized spacial score (nSPS) is 14.8. The maximum atomic E-state index is 11.4. The summed E-state index contributed by atoms with van der Waals surface area (Å²) in [6.07, 6.45) is 0. The van der Waals surface area contributed by atoms with Crippen LogP contribution in [0.4, 0.5) is 17.1 Å². The van der Waals surface area contributed by atoms with Gasteiger partial charge in [0.25, 0.3) is 5.69 Å².